The Labute approximate surface area is 243 Å². The van der Waals surface area contributed by atoms with Crippen LogP contribution in [0.15, 0.2) is 79.5 Å². The van der Waals surface area contributed by atoms with Crippen molar-refractivity contribution in [1.82, 2.24) is 5.32 Å². The molecule has 6 heteroatoms. The molecule has 39 heavy (non-hydrogen) atoms. The monoisotopic (exact) mass is 567 g/mol. The summed E-state index contributed by atoms with van der Waals surface area (Å²) in [7, 11) is 1.88. The van der Waals surface area contributed by atoms with Gasteiger partial charge in [0.25, 0.3) is 0 Å². The zero-order valence-electron chi connectivity index (χ0n) is 23.5. The summed E-state index contributed by atoms with van der Waals surface area (Å²) in [5.41, 5.74) is 5.12. The minimum Gasteiger partial charge on any atom is -0.385 e. The highest BCUT2D eigenvalue weighted by Crippen LogP contribution is 2.48. The van der Waals surface area contributed by atoms with Crippen molar-refractivity contribution in [2.24, 2.45) is 5.41 Å². The van der Waals surface area contributed by atoms with Crippen LogP contribution < -0.4 is 16.0 Å². The van der Waals surface area contributed by atoms with Gasteiger partial charge in [-0.3, -0.25) is 0 Å². The maximum absolute atomic E-state index is 15.9. The first-order valence-electron chi connectivity index (χ1n) is 13.3. The molecular formula is C33H40Cl2FN3. The Morgan fingerprint density at radius 3 is 2.36 bits per heavy atom. The molecule has 0 aromatic heterocycles. The molecule has 3 N–H and O–H groups in total. The summed E-state index contributed by atoms with van der Waals surface area (Å²) in [4.78, 5) is 0. The van der Waals surface area contributed by atoms with Crippen molar-refractivity contribution >= 4 is 40.7 Å². The summed E-state index contributed by atoms with van der Waals surface area (Å²) in [5.74, 6) is -0.879. The van der Waals surface area contributed by atoms with Gasteiger partial charge < -0.3 is 16.0 Å². The van der Waals surface area contributed by atoms with E-state index in [1.165, 1.54) is 0 Å². The highest BCUT2D eigenvalue weighted by atomic mass is 35.5. The van der Waals surface area contributed by atoms with E-state index in [0.717, 1.165) is 35.5 Å². The lowest BCUT2D eigenvalue weighted by Gasteiger charge is -2.39. The molecule has 3 atom stereocenters. The molecule has 3 aromatic rings. The van der Waals surface area contributed by atoms with E-state index >= 15 is 4.39 Å². The lowest BCUT2D eigenvalue weighted by molar-refractivity contribution is 0.294. The predicted octanol–water partition coefficient (Wildman–Crippen LogP) is 9.72. The fraction of sp³-hybridized carbons (Fsp3) is 0.333. The van der Waals surface area contributed by atoms with Crippen LogP contribution >= 0.6 is 23.2 Å². The van der Waals surface area contributed by atoms with Crippen LogP contribution in [0, 0.1) is 11.2 Å². The Bertz CT molecular complexity index is 1300. The highest BCUT2D eigenvalue weighted by Gasteiger charge is 2.38. The van der Waals surface area contributed by atoms with Crippen molar-refractivity contribution in [3.63, 3.8) is 0 Å². The van der Waals surface area contributed by atoms with Gasteiger partial charge in [0.2, 0.25) is 0 Å². The van der Waals surface area contributed by atoms with E-state index in [9.17, 15) is 0 Å². The van der Waals surface area contributed by atoms with E-state index in [1.807, 2.05) is 55.6 Å². The molecule has 0 aliphatic rings. The third-order valence-corrected chi connectivity index (χ3v) is 7.39. The van der Waals surface area contributed by atoms with Gasteiger partial charge in [0.05, 0.1) is 11.1 Å². The molecule has 3 nitrogen and oxygen atoms in total. The van der Waals surface area contributed by atoms with Crippen LogP contribution in [0.5, 0.6) is 0 Å². The van der Waals surface area contributed by atoms with Gasteiger partial charge in [-0.15, -0.1) is 0 Å². The molecule has 0 bridgehead atoms. The van der Waals surface area contributed by atoms with Gasteiger partial charge in [-0.25, -0.2) is 4.39 Å². The van der Waals surface area contributed by atoms with Crippen LogP contribution in [0.4, 0.5) is 15.8 Å². The predicted molar refractivity (Wildman–Crippen MR) is 169 cm³/mol. The highest BCUT2D eigenvalue weighted by molar-refractivity contribution is 6.31. The largest absolute Gasteiger partial charge is 0.385 e. The van der Waals surface area contributed by atoms with Crippen LogP contribution in [-0.2, 0) is 0 Å². The fourth-order valence-electron chi connectivity index (χ4n) is 5.26. The first kappa shape index (κ1) is 30.7. The van der Waals surface area contributed by atoms with Gasteiger partial charge in [0.1, 0.15) is 5.82 Å². The summed E-state index contributed by atoms with van der Waals surface area (Å²) >= 11 is 12.6. The third kappa shape index (κ3) is 7.88. The molecule has 0 fully saturated rings. The van der Waals surface area contributed by atoms with Crippen molar-refractivity contribution in [2.75, 3.05) is 24.2 Å². The molecule has 0 aliphatic carbocycles. The molecule has 3 rings (SSSR count). The number of hydrogen-bond donors (Lipinski definition) is 3. The zero-order chi connectivity index (χ0) is 28.7. The van der Waals surface area contributed by atoms with Crippen molar-refractivity contribution in [1.29, 1.82) is 0 Å². The average molecular weight is 569 g/mol. The Kier molecular flexibility index (Phi) is 10.7. The number of rotatable bonds is 12. The van der Waals surface area contributed by atoms with E-state index in [4.69, 9.17) is 23.2 Å². The molecular weight excluding hydrogens is 528 g/mol. The molecule has 0 saturated carbocycles. The van der Waals surface area contributed by atoms with Gasteiger partial charge in [-0.2, -0.15) is 0 Å². The number of hydrogen-bond acceptors (Lipinski definition) is 3. The van der Waals surface area contributed by atoms with Gasteiger partial charge in [0.15, 0.2) is 0 Å². The molecule has 3 aromatic carbocycles. The summed E-state index contributed by atoms with van der Waals surface area (Å²) in [6.45, 7) is 17.9. The van der Waals surface area contributed by atoms with Gasteiger partial charge in [0, 0.05) is 34.6 Å². The summed E-state index contributed by atoms with van der Waals surface area (Å²) < 4.78 is 15.9. The van der Waals surface area contributed by atoms with E-state index in [2.05, 4.69) is 68.9 Å². The minimum atomic E-state index is -0.413. The lowest BCUT2D eigenvalue weighted by atomic mass is 9.69. The van der Waals surface area contributed by atoms with E-state index in [-0.39, 0.29) is 28.3 Å². The minimum absolute atomic E-state index is 0.0638. The summed E-state index contributed by atoms with van der Waals surface area (Å²) in [6, 6.07) is 18.7. The number of likely N-dealkylation sites (N-methyl/N-ethyl adjacent to an activating group) is 1. The molecule has 0 aliphatic heterocycles. The average Bonchev–Trinajstić information content (AvgIpc) is 2.88. The first-order chi connectivity index (χ1) is 18.5. The number of anilines is 2. The molecule has 0 amide bonds. The van der Waals surface area contributed by atoms with Gasteiger partial charge >= 0.3 is 0 Å². The number of benzene rings is 3. The Morgan fingerprint density at radius 1 is 1.03 bits per heavy atom. The number of nitrogens with one attached hydrogen (secondary N) is 3. The smallest absolute Gasteiger partial charge is 0.145 e. The molecule has 0 radical (unpaired) electrons. The second-order valence-electron chi connectivity index (χ2n) is 11.0. The van der Waals surface area contributed by atoms with Crippen molar-refractivity contribution in [3.8, 4) is 0 Å². The zero-order valence-corrected chi connectivity index (χ0v) is 25.1. The number of halogens is 3. The van der Waals surface area contributed by atoms with Crippen molar-refractivity contribution in [3.05, 3.63) is 112 Å². The van der Waals surface area contributed by atoms with Crippen LogP contribution in [0.2, 0.25) is 10.0 Å². The maximum Gasteiger partial charge on any atom is 0.145 e. The first-order valence-corrected chi connectivity index (χ1v) is 14.1. The second-order valence-corrected chi connectivity index (χ2v) is 11.9. The Morgan fingerprint density at radius 2 is 1.74 bits per heavy atom. The van der Waals surface area contributed by atoms with Crippen LogP contribution in [0.3, 0.4) is 0 Å². The second kappa shape index (κ2) is 13.5. The molecule has 0 spiro atoms. The maximum atomic E-state index is 15.9. The van der Waals surface area contributed by atoms with Crippen molar-refractivity contribution < 1.29 is 4.39 Å². The summed E-state index contributed by atoms with van der Waals surface area (Å²) in [5, 5.41) is 11.1. The van der Waals surface area contributed by atoms with Crippen LogP contribution in [-0.4, -0.2) is 19.6 Å². The summed E-state index contributed by atoms with van der Waals surface area (Å²) in [6.07, 6.45) is 2.63. The molecule has 208 valence electrons. The molecule has 3 unspecified atom stereocenters. The quantitative estimate of drug-likeness (QED) is 0.204. The van der Waals surface area contributed by atoms with Crippen molar-refractivity contribution in [2.45, 2.75) is 52.0 Å². The topological polar surface area (TPSA) is 36.1 Å². The Balaban J connectivity index is 2.27. The Hall–Kier alpha value is -2.79. The molecule has 0 heterocycles. The van der Waals surface area contributed by atoms with Gasteiger partial charge in [-0.05, 0) is 84.8 Å². The normalized spacial score (nSPS) is 13.8. The SMILES string of the molecule is C=Cc1ccc(NCC)c(C(CC(C)(C)C)C(c2cccc(Cl)c2F)C(NC)C(=C)Nc2cccc(Cl)c2)c1. The lowest BCUT2D eigenvalue weighted by Crippen LogP contribution is -2.40. The van der Waals surface area contributed by atoms with E-state index in [1.54, 1.807) is 6.07 Å². The van der Waals surface area contributed by atoms with Gasteiger partial charge in [-0.1, -0.05) is 87.5 Å². The van der Waals surface area contributed by atoms with Crippen LogP contribution in [0.25, 0.3) is 6.08 Å². The van der Waals surface area contributed by atoms with E-state index < -0.39 is 5.82 Å². The van der Waals surface area contributed by atoms with E-state index in [0.29, 0.717) is 16.3 Å². The fourth-order valence-corrected chi connectivity index (χ4v) is 5.64. The molecule has 0 saturated heterocycles. The van der Waals surface area contributed by atoms with Crippen LogP contribution in [0.1, 0.15) is 62.6 Å². The third-order valence-electron chi connectivity index (χ3n) is 6.86. The standard InChI is InChI=1S/C33H40Cl2FN3/c1-8-22-16-17-29(38-9-2)26(18-22)27(20-33(4,5)6)30(25-14-11-15-28(35)31(25)36)32(37-7)21(3)39-24-13-10-12-23(34)19-24/h8,10-19,27,30,32,37-39H,1,3,9,20H2,2,4-7H3.